The molecule has 0 fully saturated rings. The zero-order valence-corrected chi connectivity index (χ0v) is 14.9. The maximum atomic E-state index is 12.3. The van der Waals surface area contributed by atoms with Crippen LogP contribution >= 0.6 is 0 Å². The van der Waals surface area contributed by atoms with Crippen molar-refractivity contribution >= 4 is 10.8 Å². The van der Waals surface area contributed by atoms with Gasteiger partial charge in [0.15, 0.2) is 0 Å². The van der Waals surface area contributed by atoms with Crippen LogP contribution in [0.3, 0.4) is 0 Å². The molecular formula is C18H31NOS. The summed E-state index contributed by atoms with van der Waals surface area (Å²) < 4.78 is 12.3. The van der Waals surface area contributed by atoms with Gasteiger partial charge in [0.05, 0.1) is 0 Å². The normalized spacial score (nSPS) is 14.1. The summed E-state index contributed by atoms with van der Waals surface area (Å²) in [6.45, 7) is 9.59. The highest BCUT2D eigenvalue weighted by Crippen LogP contribution is 2.18. The maximum absolute atomic E-state index is 12.3. The van der Waals surface area contributed by atoms with E-state index in [9.17, 15) is 4.21 Å². The van der Waals surface area contributed by atoms with Crippen LogP contribution in [-0.4, -0.2) is 22.3 Å². The van der Waals surface area contributed by atoms with Crippen LogP contribution in [0, 0.1) is 13.8 Å². The van der Waals surface area contributed by atoms with Crippen LogP contribution in [-0.2, 0) is 10.8 Å². The molecule has 0 amide bonds. The van der Waals surface area contributed by atoms with Crippen LogP contribution in [0.1, 0.15) is 62.3 Å². The fourth-order valence-corrected chi connectivity index (χ4v) is 3.96. The van der Waals surface area contributed by atoms with Crippen LogP contribution in [0.25, 0.3) is 0 Å². The lowest BCUT2D eigenvalue weighted by Gasteiger charge is -2.20. The fourth-order valence-electron chi connectivity index (χ4n) is 2.58. The summed E-state index contributed by atoms with van der Waals surface area (Å²) in [5, 5.41) is 3.57. The first-order valence-electron chi connectivity index (χ1n) is 8.23. The predicted octanol–water partition coefficient (Wildman–Crippen LogP) is 4.28. The van der Waals surface area contributed by atoms with Crippen molar-refractivity contribution in [2.45, 2.75) is 59.4 Å². The molecular weight excluding hydrogens is 278 g/mol. The average Bonchev–Trinajstić information content (AvgIpc) is 2.42. The molecule has 0 saturated heterocycles. The summed E-state index contributed by atoms with van der Waals surface area (Å²) in [5.41, 5.74) is 3.85. The Morgan fingerprint density at radius 2 is 1.71 bits per heavy atom. The van der Waals surface area contributed by atoms with Gasteiger partial charge in [-0.2, -0.15) is 0 Å². The molecule has 2 unspecified atom stereocenters. The third-order valence-corrected chi connectivity index (χ3v) is 5.06. The highest BCUT2D eigenvalue weighted by molar-refractivity contribution is 7.85. The summed E-state index contributed by atoms with van der Waals surface area (Å²) in [4.78, 5) is 0. The molecule has 1 N–H and O–H groups in total. The Balaban J connectivity index is 2.72. The molecule has 1 aromatic carbocycles. The van der Waals surface area contributed by atoms with Crippen molar-refractivity contribution in [1.29, 1.82) is 0 Å². The van der Waals surface area contributed by atoms with Gasteiger partial charge in [0, 0.05) is 28.3 Å². The minimum atomic E-state index is -0.731. The van der Waals surface area contributed by atoms with Crippen LogP contribution in [0.15, 0.2) is 18.2 Å². The molecule has 3 heteroatoms. The molecule has 0 aliphatic rings. The summed E-state index contributed by atoms with van der Waals surface area (Å²) in [6.07, 6.45) is 4.55. The first-order valence-corrected chi connectivity index (χ1v) is 9.72. The molecule has 2 atom stereocenters. The molecule has 1 aromatic rings. The van der Waals surface area contributed by atoms with E-state index >= 15 is 0 Å². The van der Waals surface area contributed by atoms with E-state index < -0.39 is 10.8 Å². The summed E-state index contributed by atoms with van der Waals surface area (Å²) in [6, 6.07) is 6.86. The molecule has 0 radical (unpaired) electrons. The van der Waals surface area contributed by atoms with Crippen LogP contribution in [0.4, 0.5) is 0 Å². The summed E-state index contributed by atoms with van der Waals surface area (Å²) in [5.74, 6) is 1.57. The van der Waals surface area contributed by atoms with E-state index in [0.717, 1.165) is 30.9 Å². The van der Waals surface area contributed by atoms with E-state index in [1.807, 2.05) is 0 Å². The molecule has 0 saturated carbocycles. The standard InChI is InChI=1S/C18H31NOS/c1-5-7-8-10-21(20)14-18(19-9-6-2)17-12-15(3)11-16(4)13-17/h11-13,18-19H,5-10,14H2,1-4H3. The Bertz CT molecular complexity index is 425. The van der Waals surface area contributed by atoms with Crippen molar-refractivity contribution in [2.75, 3.05) is 18.1 Å². The second-order valence-electron chi connectivity index (χ2n) is 5.95. The van der Waals surface area contributed by atoms with Crippen LogP contribution in [0.5, 0.6) is 0 Å². The molecule has 0 aliphatic carbocycles. The van der Waals surface area contributed by atoms with Gasteiger partial charge in [-0.3, -0.25) is 4.21 Å². The van der Waals surface area contributed by atoms with E-state index in [4.69, 9.17) is 0 Å². The molecule has 2 nitrogen and oxygen atoms in total. The molecule has 0 aliphatic heterocycles. The maximum Gasteiger partial charge on any atom is 0.0437 e. The SMILES string of the molecule is CCCCCS(=O)CC(NCCC)c1cc(C)cc(C)c1. The van der Waals surface area contributed by atoms with E-state index in [1.165, 1.54) is 29.5 Å². The largest absolute Gasteiger partial charge is 0.309 e. The minimum absolute atomic E-state index is 0.214. The summed E-state index contributed by atoms with van der Waals surface area (Å²) >= 11 is 0. The van der Waals surface area contributed by atoms with Crippen molar-refractivity contribution in [2.24, 2.45) is 0 Å². The van der Waals surface area contributed by atoms with Gasteiger partial charge in [-0.25, -0.2) is 0 Å². The third-order valence-electron chi connectivity index (χ3n) is 3.62. The Morgan fingerprint density at radius 3 is 2.29 bits per heavy atom. The number of hydrogen-bond acceptors (Lipinski definition) is 2. The lowest BCUT2D eigenvalue weighted by Crippen LogP contribution is -2.27. The van der Waals surface area contributed by atoms with Gasteiger partial charge >= 0.3 is 0 Å². The quantitative estimate of drug-likeness (QED) is 0.654. The highest BCUT2D eigenvalue weighted by atomic mass is 32.2. The monoisotopic (exact) mass is 309 g/mol. The van der Waals surface area contributed by atoms with Gasteiger partial charge in [0.25, 0.3) is 0 Å². The lowest BCUT2D eigenvalue weighted by molar-refractivity contribution is 0.568. The fraction of sp³-hybridized carbons (Fsp3) is 0.667. The van der Waals surface area contributed by atoms with Gasteiger partial charge in [0.1, 0.15) is 0 Å². The van der Waals surface area contributed by atoms with Gasteiger partial charge in [-0.1, -0.05) is 56.0 Å². The van der Waals surface area contributed by atoms with Gasteiger partial charge in [0.2, 0.25) is 0 Å². The Hall–Kier alpha value is -0.670. The van der Waals surface area contributed by atoms with E-state index in [2.05, 4.69) is 51.2 Å². The molecule has 1 rings (SSSR count). The molecule has 0 heterocycles. The molecule has 0 aromatic heterocycles. The first-order chi connectivity index (χ1) is 10.1. The highest BCUT2D eigenvalue weighted by Gasteiger charge is 2.15. The van der Waals surface area contributed by atoms with E-state index in [1.54, 1.807) is 0 Å². The second-order valence-corrected chi connectivity index (χ2v) is 7.57. The predicted molar refractivity (Wildman–Crippen MR) is 94.4 cm³/mol. The van der Waals surface area contributed by atoms with Crippen molar-refractivity contribution in [1.82, 2.24) is 5.32 Å². The first kappa shape index (κ1) is 18.4. The third kappa shape index (κ3) is 7.23. The van der Waals surface area contributed by atoms with E-state index in [0.29, 0.717) is 0 Å². The van der Waals surface area contributed by atoms with Crippen molar-refractivity contribution in [3.63, 3.8) is 0 Å². The van der Waals surface area contributed by atoms with Gasteiger partial charge in [-0.05, 0) is 38.8 Å². The zero-order valence-electron chi connectivity index (χ0n) is 14.1. The number of nitrogens with one attached hydrogen (secondary N) is 1. The zero-order chi connectivity index (χ0) is 15.7. The number of aryl methyl sites for hydroxylation is 2. The van der Waals surface area contributed by atoms with Gasteiger partial charge < -0.3 is 5.32 Å². The smallest absolute Gasteiger partial charge is 0.0437 e. The molecule has 120 valence electrons. The Morgan fingerprint density at radius 1 is 1.05 bits per heavy atom. The van der Waals surface area contributed by atoms with E-state index in [-0.39, 0.29) is 6.04 Å². The Kier molecular flexibility index (Phi) is 8.86. The van der Waals surface area contributed by atoms with Crippen molar-refractivity contribution in [3.05, 3.63) is 34.9 Å². The molecule has 0 bridgehead atoms. The number of benzene rings is 1. The van der Waals surface area contributed by atoms with Gasteiger partial charge in [-0.15, -0.1) is 0 Å². The topological polar surface area (TPSA) is 29.1 Å². The van der Waals surface area contributed by atoms with Crippen molar-refractivity contribution in [3.8, 4) is 0 Å². The van der Waals surface area contributed by atoms with Crippen LogP contribution in [0.2, 0.25) is 0 Å². The average molecular weight is 310 g/mol. The number of hydrogen-bond donors (Lipinski definition) is 1. The van der Waals surface area contributed by atoms with Crippen molar-refractivity contribution < 1.29 is 4.21 Å². The second kappa shape index (κ2) is 10.1. The summed E-state index contributed by atoms with van der Waals surface area (Å²) in [7, 11) is -0.731. The molecule has 21 heavy (non-hydrogen) atoms. The lowest BCUT2D eigenvalue weighted by atomic mass is 10.0. The molecule has 0 spiro atoms. The number of unbranched alkanes of at least 4 members (excludes halogenated alkanes) is 2. The number of rotatable bonds is 10. The minimum Gasteiger partial charge on any atom is -0.309 e. The van der Waals surface area contributed by atoms with Crippen LogP contribution < -0.4 is 5.32 Å². The Labute approximate surface area is 133 Å².